The summed E-state index contributed by atoms with van der Waals surface area (Å²) in [7, 11) is 0. The lowest BCUT2D eigenvalue weighted by atomic mass is 10.1. The molecule has 3 heteroatoms. The quantitative estimate of drug-likeness (QED) is 0.853. The van der Waals surface area contributed by atoms with Gasteiger partial charge in [-0.25, -0.2) is 0 Å². The summed E-state index contributed by atoms with van der Waals surface area (Å²) in [6.45, 7) is 6.93. The lowest BCUT2D eigenvalue weighted by Crippen LogP contribution is -2.17. The third-order valence-corrected chi connectivity index (χ3v) is 4.16. The Morgan fingerprint density at radius 1 is 1.20 bits per heavy atom. The van der Waals surface area contributed by atoms with Crippen molar-refractivity contribution >= 4 is 27.3 Å². The predicted octanol–water partition coefficient (Wildman–Crippen LogP) is 4.97. The summed E-state index contributed by atoms with van der Waals surface area (Å²) in [5.74, 6) is 0. The maximum Gasteiger partial charge on any atom is 0.0772 e. The fourth-order valence-corrected chi connectivity index (χ4v) is 3.08. The first-order chi connectivity index (χ1) is 9.54. The molecule has 2 nitrogen and oxygen atoms in total. The number of hydrogen-bond donors (Lipinski definition) is 1. The van der Waals surface area contributed by atoms with E-state index in [1.165, 1.54) is 11.3 Å². The first kappa shape index (κ1) is 15.1. The number of aliphatic hydroxyl groups excluding tert-OH is 1. The Morgan fingerprint density at radius 3 is 2.45 bits per heavy atom. The number of halogens is 1. The van der Waals surface area contributed by atoms with Crippen LogP contribution in [0.1, 0.15) is 31.1 Å². The Labute approximate surface area is 129 Å². The molecule has 0 spiro atoms. The molecule has 0 aromatic heterocycles. The summed E-state index contributed by atoms with van der Waals surface area (Å²) in [5, 5.41) is 9.71. The van der Waals surface area contributed by atoms with E-state index >= 15 is 0 Å². The van der Waals surface area contributed by atoms with Crippen LogP contribution in [0.5, 0.6) is 0 Å². The van der Waals surface area contributed by atoms with Crippen LogP contribution in [-0.4, -0.2) is 11.7 Å². The minimum absolute atomic E-state index is 0.466. The summed E-state index contributed by atoms with van der Waals surface area (Å²) in [5.41, 5.74) is 4.50. The molecular weight excluding hydrogens is 314 g/mol. The highest BCUT2D eigenvalue weighted by Crippen LogP contribution is 2.33. The molecule has 2 aromatic carbocycles. The van der Waals surface area contributed by atoms with Crippen LogP contribution >= 0.6 is 15.9 Å². The van der Waals surface area contributed by atoms with Gasteiger partial charge in [0, 0.05) is 22.4 Å². The number of hydrogen-bond acceptors (Lipinski definition) is 2. The van der Waals surface area contributed by atoms with E-state index in [0.29, 0.717) is 0 Å². The number of benzene rings is 2. The normalized spacial score (nSPS) is 12.2. The van der Waals surface area contributed by atoms with Crippen LogP contribution in [0, 0.1) is 6.92 Å². The molecule has 1 atom stereocenters. The van der Waals surface area contributed by atoms with Gasteiger partial charge in [-0.05, 0) is 50.1 Å². The summed E-state index contributed by atoms with van der Waals surface area (Å²) in [6.07, 6.45) is -0.466. The standard InChI is InChI=1S/C17H20BrNO/c1-4-19(17-8-6-5-7-12(17)2)14-9-10-15(13(3)20)16(18)11-14/h5-11,13,20H,4H2,1-3H3/t13-/m1/s1. The number of anilines is 2. The van der Waals surface area contributed by atoms with Crippen molar-refractivity contribution in [3.8, 4) is 0 Å². The van der Waals surface area contributed by atoms with E-state index < -0.39 is 6.10 Å². The van der Waals surface area contributed by atoms with Crippen LogP contribution < -0.4 is 4.90 Å². The number of para-hydroxylation sites is 1. The lowest BCUT2D eigenvalue weighted by molar-refractivity contribution is 0.198. The van der Waals surface area contributed by atoms with Crippen molar-refractivity contribution in [3.63, 3.8) is 0 Å². The van der Waals surface area contributed by atoms with Gasteiger partial charge < -0.3 is 10.0 Å². The van der Waals surface area contributed by atoms with Crippen molar-refractivity contribution in [3.05, 3.63) is 58.1 Å². The third kappa shape index (κ3) is 3.05. The smallest absolute Gasteiger partial charge is 0.0772 e. The minimum atomic E-state index is -0.466. The fourth-order valence-electron chi connectivity index (χ4n) is 2.38. The molecule has 0 aliphatic rings. The molecule has 2 aromatic rings. The van der Waals surface area contributed by atoms with Gasteiger partial charge >= 0.3 is 0 Å². The molecular formula is C17H20BrNO. The zero-order valence-electron chi connectivity index (χ0n) is 12.1. The van der Waals surface area contributed by atoms with Crippen LogP contribution in [0.3, 0.4) is 0 Å². The maximum atomic E-state index is 9.71. The molecule has 0 unspecified atom stereocenters. The second-order valence-electron chi connectivity index (χ2n) is 4.91. The Morgan fingerprint density at radius 2 is 1.90 bits per heavy atom. The van der Waals surface area contributed by atoms with Gasteiger partial charge in [0.05, 0.1) is 6.10 Å². The average Bonchev–Trinajstić information content (AvgIpc) is 2.41. The molecule has 20 heavy (non-hydrogen) atoms. The molecule has 0 aliphatic carbocycles. The fraction of sp³-hybridized carbons (Fsp3) is 0.294. The van der Waals surface area contributed by atoms with E-state index in [2.05, 4.69) is 71.1 Å². The van der Waals surface area contributed by atoms with Crippen LogP contribution in [0.4, 0.5) is 11.4 Å². The summed E-state index contributed by atoms with van der Waals surface area (Å²) >= 11 is 3.55. The Bertz CT molecular complexity index is 595. The van der Waals surface area contributed by atoms with E-state index in [-0.39, 0.29) is 0 Å². The van der Waals surface area contributed by atoms with Gasteiger partial charge in [0.2, 0.25) is 0 Å². The number of aliphatic hydroxyl groups is 1. The average molecular weight is 334 g/mol. The van der Waals surface area contributed by atoms with Gasteiger partial charge in [-0.15, -0.1) is 0 Å². The summed E-state index contributed by atoms with van der Waals surface area (Å²) in [4.78, 5) is 2.27. The predicted molar refractivity (Wildman–Crippen MR) is 88.6 cm³/mol. The van der Waals surface area contributed by atoms with Crippen LogP contribution in [0.2, 0.25) is 0 Å². The maximum absolute atomic E-state index is 9.71. The second-order valence-corrected chi connectivity index (χ2v) is 5.77. The van der Waals surface area contributed by atoms with Crippen LogP contribution in [-0.2, 0) is 0 Å². The zero-order valence-corrected chi connectivity index (χ0v) is 13.7. The molecule has 106 valence electrons. The first-order valence-electron chi connectivity index (χ1n) is 6.85. The highest BCUT2D eigenvalue weighted by Gasteiger charge is 2.12. The molecule has 1 N–H and O–H groups in total. The number of aryl methyl sites for hydroxylation is 1. The highest BCUT2D eigenvalue weighted by atomic mass is 79.9. The van der Waals surface area contributed by atoms with E-state index in [1.807, 2.05) is 6.07 Å². The molecule has 2 rings (SSSR count). The molecule has 0 bridgehead atoms. The van der Waals surface area contributed by atoms with Gasteiger partial charge in [-0.1, -0.05) is 40.2 Å². The van der Waals surface area contributed by atoms with E-state index in [0.717, 1.165) is 22.3 Å². The van der Waals surface area contributed by atoms with Crippen molar-refractivity contribution in [1.82, 2.24) is 0 Å². The lowest BCUT2D eigenvalue weighted by Gasteiger charge is -2.26. The SMILES string of the molecule is CCN(c1ccc([C@@H](C)O)c(Br)c1)c1ccccc1C. The topological polar surface area (TPSA) is 23.5 Å². The van der Waals surface area contributed by atoms with Crippen molar-refractivity contribution in [2.75, 3.05) is 11.4 Å². The van der Waals surface area contributed by atoms with Crippen LogP contribution in [0.15, 0.2) is 46.9 Å². The Kier molecular flexibility index (Phi) is 4.84. The molecule has 0 heterocycles. The second kappa shape index (κ2) is 6.42. The molecule has 0 fully saturated rings. The van der Waals surface area contributed by atoms with Gasteiger partial charge in [-0.2, -0.15) is 0 Å². The van der Waals surface area contributed by atoms with E-state index in [1.54, 1.807) is 6.92 Å². The van der Waals surface area contributed by atoms with E-state index in [9.17, 15) is 5.11 Å². The third-order valence-electron chi connectivity index (χ3n) is 3.47. The number of nitrogens with zero attached hydrogens (tertiary/aromatic N) is 1. The largest absolute Gasteiger partial charge is 0.389 e. The molecule has 0 radical (unpaired) electrons. The van der Waals surface area contributed by atoms with Crippen molar-refractivity contribution in [2.45, 2.75) is 26.9 Å². The molecule has 0 saturated carbocycles. The molecule has 0 amide bonds. The Balaban J connectivity index is 2.43. The Hall–Kier alpha value is -1.32. The van der Waals surface area contributed by atoms with Gasteiger partial charge in [0.1, 0.15) is 0 Å². The summed E-state index contributed by atoms with van der Waals surface area (Å²) in [6, 6.07) is 14.5. The van der Waals surface area contributed by atoms with Gasteiger partial charge in [0.15, 0.2) is 0 Å². The molecule has 0 saturated heterocycles. The highest BCUT2D eigenvalue weighted by molar-refractivity contribution is 9.10. The van der Waals surface area contributed by atoms with Gasteiger partial charge in [-0.3, -0.25) is 0 Å². The van der Waals surface area contributed by atoms with E-state index in [4.69, 9.17) is 0 Å². The number of rotatable bonds is 4. The first-order valence-corrected chi connectivity index (χ1v) is 7.64. The van der Waals surface area contributed by atoms with Crippen LogP contribution in [0.25, 0.3) is 0 Å². The van der Waals surface area contributed by atoms with Crippen molar-refractivity contribution in [1.29, 1.82) is 0 Å². The monoisotopic (exact) mass is 333 g/mol. The molecule has 0 aliphatic heterocycles. The van der Waals surface area contributed by atoms with Crippen molar-refractivity contribution in [2.24, 2.45) is 0 Å². The van der Waals surface area contributed by atoms with Crippen molar-refractivity contribution < 1.29 is 5.11 Å². The summed E-state index contributed by atoms with van der Waals surface area (Å²) < 4.78 is 0.942. The zero-order chi connectivity index (χ0) is 14.7. The minimum Gasteiger partial charge on any atom is -0.389 e. The van der Waals surface area contributed by atoms with Gasteiger partial charge in [0.25, 0.3) is 0 Å².